The highest BCUT2D eigenvalue weighted by molar-refractivity contribution is 6.00. The monoisotopic (exact) mass is 377 g/mol. The second-order valence-corrected chi connectivity index (χ2v) is 7.80. The van der Waals surface area contributed by atoms with Gasteiger partial charge in [0.15, 0.2) is 0 Å². The van der Waals surface area contributed by atoms with Crippen molar-refractivity contribution in [3.8, 4) is 0 Å². The minimum absolute atomic E-state index is 0.0201. The first-order valence-corrected chi connectivity index (χ1v) is 9.81. The Kier molecular flexibility index (Phi) is 5.12. The van der Waals surface area contributed by atoms with Crippen LogP contribution >= 0.6 is 0 Å². The van der Waals surface area contributed by atoms with E-state index < -0.39 is 17.6 Å². The number of amides is 2. The van der Waals surface area contributed by atoms with Crippen molar-refractivity contribution in [2.45, 2.75) is 38.1 Å². The summed E-state index contributed by atoms with van der Waals surface area (Å²) in [5, 5.41) is 0. The molecule has 146 valence electrons. The summed E-state index contributed by atoms with van der Waals surface area (Å²) in [4.78, 5) is 30.8. The number of nitrogens with zero attached hydrogens (tertiary/aromatic N) is 3. The molecule has 1 atom stereocenters. The Balaban J connectivity index is 1.36. The van der Waals surface area contributed by atoms with Crippen LogP contribution < -0.4 is 4.90 Å². The first-order valence-electron chi connectivity index (χ1n) is 9.81. The van der Waals surface area contributed by atoms with Crippen LogP contribution in [0.1, 0.15) is 32.1 Å². The number of hydrogen-bond donors (Lipinski definition) is 0. The molecule has 2 amide bonds. The summed E-state index contributed by atoms with van der Waals surface area (Å²) in [7, 11) is 0. The minimum atomic E-state index is -0.775. The Morgan fingerprint density at radius 1 is 1.04 bits per heavy atom. The maximum atomic E-state index is 14.0. The lowest BCUT2D eigenvalue weighted by molar-refractivity contribution is -0.137. The van der Waals surface area contributed by atoms with Crippen LogP contribution in [-0.2, 0) is 9.59 Å². The van der Waals surface area contributed by atoms with Gasteiger partial charge in [-0.3, -0.25) is 9.59 Å². The summed E-state index contributed by atoms with van der Waals surface area (Å²) < 4.78 is 27.1. The average molecular weight is 377 g/mol. The Morgan fingerprint density at radius 3 is 2.41 bits per heavy atom. The summed E-state index contributed by atoms with van der Waals surface area (Å²) in [6.07, 6.45) is 4.56. The molecule has 0 radical (unpaired) electrons. The van der Waals surface area contributed by atoms with Crippen molar-refractivity contribution in [3.63, 3.8) is 0 Å². The van der Waals surface area contributed by atoms with Gasteiger partial charge in [0.1, 0.15) is 11.6 Å². The van der Waals surface area contributed by atoms with Gasteiger partial charge in [-0.1, -0.05) is 0 Å². The van der Waals surface area contributed by atoms with Crippen molar-refractivity contribution in [3.05, 3.63) is 29.8 Å². The maximum absolute atomic E-state index is 14.0. The van der Waals surface area contributed by atoms with Crippen molar-refractivity contribution in [2.75, 3.05) is 37.6 Å². The Morgan fingerprint density at radius 2 is 1.74 bits per heavy atom. The van der Waals surface area contributed by atoms with Crippen molar-refractivity contribution in [1.29, 1.82) is 0 Å². The predicted molar refractivity (Wildman–Crippen MR) is 97.2 cm³/mol. The fourth-order valence-electron chi connectivity index (χ4n) is 4.62. The molecule has 5 nitrogen and oxygen atoms in total. The molecule has 3 fully saturated rings. The van der Waals surface area contributed by atoms with E-state index in [4.69, 9.17) is 0 Å². The molecule has 0 aliphatic carbocycles. The fourth-order valence-corrected chi connectivity index (χ4v) is 4.62. The predicted octanol–water partition coefficient (Wildman–Crippen LogP) is 2.40. The van der Waals surface area contributed by atoms with Gasteiger partial charge in [0, 0.05) is 38.2 Å². The first-order chi connectivity index (χ1) is 13.0. The molecule has 3 saturated heterocycles. The van der Waals surface area contributed by atoms with E-state index in [0.29, 0.717) is 6.04 Å². The lowest BCUT2D eigenvalue weighted by atomic mass is 10.0. The third kappa shape index (κ3) is 3.70. The lowest BCUT2D eigenvalue weighted by Crippen LogP contribution is -2.47. The average Bonchev–Trinajstić information content (AvgIpc) is 3.32. The van der Waals surface area contributed by atoms with Crippen molar-refractivity contribution < 1.29 is 18.4 Å². The molecule has 3 aliphatic heterocycles. The van der Waals surface area contributed by atoms with Crippen LogP contribution in [0.2, 0.25) is 0 Å². The fraction of sp³-hybridized carbons (Fsp3) is 0.600. The van der Waals surface area contributed by atoms with Gasteiger partial charge in [0.25, 0.3) is 0 Å². The van der Waals surface area contributed by atoms with Crippen LogP contribution in [-0.4, -0.2) is 60.4 Å². The Hall–Kier alpha value is -2.02. The van der Waals surface area contributed by atoms with E-state index in [1.807, 2.05) is 4.90 Å². The molecule has 0 N–H and O–H groups in total. The Labute approximate surface area is 157 Å². The molecule has 0 bridgehead atoms. The first kappa shape index (κ1) is 18.3. The molecule has 4 rings (SSSR count). The van der Waals surface area contributed by atoms with Gasteiger partial charge in [0.2, 0.25) is 11.8 Å². The van der Waals surface area contributed by atoms with Crippen molar-refractivity contribution in [1.82, 2.24) is 9.80 Å². The van der Waals surface area contributed by atoms with E-state index in [1.54, 1.807) is 0 Å². The van der Waals surface area contributed by atoms with Crippen LogP contribution in [0, 0.1) is 17.6 Å². The number of anilines is 1. The molecule has 1 aromatic carbocycles. The minimum Gasteiger partial charge on any atom is -0.342 e. The zero-order valence-corrected chi connectivity index (χ0v) is 15.4. The second kappa shape index (κ2) is 7.54. The van der Waals surface area contributed by atoms with E-state index in [9.17, 15) is 18.4 Å². The van der Waals surface area contributed by atoms with Gasteiger partial charge in [-0.15, -0.1) is 0 Å². The van der Waals surface area contributed by atoms with Crippen molar-refractivity contribution >= 4 is 17.5 Å². The normalized spacial score (nSPS) is 24.8. The molecule has 1 aromatic rings. The molecular weight excluding hydrogens is 352 g/mol. The van der Waals surface area contributed by atoms with E-state index in [2.05, 4.69) is 4.90 Å². The molecule has 0 spiro atoms. The third-order valence-corrected chi connectivity index (χ3v) is 6.11. The molecule has 7 heteroatoms. The summed E-state index contributed by atoms with van der Waals surface area (Å²) >= 11 is 0. The summed E-state index contributed by atoms with van der Waals surface area (Å²) in [6.45, 7) is 3.92. The van der Waals surface area contributed by atoms with Crippen LogP contribution in [0.25, 0.3) is 0 Å². The smallest absolute Gasteiger partial charge is 0.228 e. The zero-order valence-electron chi connectivity index (χ0n) is 15.4. The largest absolute Gasteiger partial charge is 0.342 e. The molecule has 0 saturated carbocycles. The lowest BCUT2D eigenvalue weighted by Gasteiger charge is -2.37. The summed E-state index contributed by atoms with van der Waals surface area (Å²) in [6, 6.07) is 3.72. The van der Waals surface area contributed by atoms with Crippen LogP contribution in [0.15, 0.2) is 18.2 Å². The van der Waals surface area contributed by atoms with Crippen LogP contribution in [0.4, 0.5) is 14.5 Å². The van der Waals surface area contributed by atoms with Gasteiger partial charge < -0.3 is 14.7 Å². The summed E-state index contributed by atoms with van der Waals surface area (Å²) in [5.74, 6) is -2.22. The highest BCUT2D eigenvalue weighted by Gasteiger charge is 2.39. The zero-order chi connectivity index (χ0) is 19.0. The van der Waals surface area contributed by atoms with E-state index in [0.717, 1.165) is 51.2 Å². The third-order valence-electron chi connectivity index (χ3n) is 6.11. The topological polar surface area (TPSA) is 43.9 Å². The SMILES string of the molecule is O=C(C1CC(=O)N(c2ccc(F)cc2F)C1)N1CCC(N2CCCC2)CC1. The molecule has 1 unspecified atom stereocenters. The van der Waals surface area contributed by atoms with Gasteiger partial charge >= 0.3 is 0 Å². The number of likely N-dealkylation sites (tertiary alicyclic amines) is 2. The van der Waals surface area contributed by atoms with E-state index in [-0.39, 0.29) is 30.5 Å². The Bertz CT molecular complexity index is 728. The van der Waals surface area contributed by atoms with Gasteiger partial charge in [-0.05, 0) is 50.9 Å². The number of carbonyl (C=O) groups excluding carboxylic acids is 2. The highest BCUT2D eigenvalue weighted by Crippen LogP contribution is 2.30. The molecule has 0 aromatic heterocycles. The number of carbonyl (C=O) groups is 2. The number of benzene rings is 1. The second-order valence-electron chi connectivity index (χ2n) is 7.80. The van der Waals surface area contributed by atoms with E-state index >= 15 is 0 Å². The molecule has 3 heterocycles. The standard InChI is InChI=1S/C20H25F2N3O2/c21-15-3-4-18(17(22)12-15)25-13-14(11-19(25)26)20(27)24-9-5-16(6-10-24)23-7-1-2-8-23/h3-4,12,14,16H,1-2,5-11,13H2. The number of halogens is 2. The number of hydrogen-bond acceptors (Lipinski definition) is 3. The molecule has 27 heavy (non-hydrogen) atoms. The maximum Gasteiger partial charge on any atom is 0.228 e. The molecule has 3 aliphatic rings. The summed E-state index contributed by atoms with van der Waals surface area (Å²) in [5.41, 5.74) is 0.0458. The quantitative estimate of drug-likeness (QED) is 0.813. The van der Waals surface area contributed by atoms with Crippen LogP contribution in [0.5, 0.6) is 0 Å². The van der Waals surface area contributed by atoms with Gasteiger partial charge in [0.05, 0.1) is 11.6 Å². The highest BCUT2D eigenvalue weighted by atomic mass is 19.1. The van der Waals surface area contributed by atoms with Gasteiger partial charge in [-0.2, -0.15) is 0 Å². The number of rotatable bonds is 3. The number of piperidine rings is 1. The van der Waals surface area contributed by atoms with E-state index in [1.165, 1.54) is 23.8 Å². The van der Waals surface area contributed by atoms with Crippen LogP contribution in [0.3, 0.4) is 0 Å². The van der Waals surface area contributed by atoms with Gasteiger partial charge in [-0.25, -0.2) is 8.78 Å². The molecular formula is C20H25F2N3O2. The van der Waals surface area contributed by atoms with Crippen molar-refractivity contribution in [2.24, 2.45) is 5.92 Å².